The molecule has 0 bridgehead atoms. The first-order chi connectivity index (χ1) is 9.81. The first-order valence-corrected chi connectivity index (χ1v) is 7.17. The monoisotopic (exact) mass is 282 g/mol. The van der Waals surface area contributed by atoms with Crippen molar-refractivity contribution in [3.05, 3.63) is 65.7 Å². The van der Waals surface area contributed by atoms with E-state index in [1.54, 1.807) is 11.3 Å². The molecular formula is C16H14N2OS. The van der Waals surface area contributed by atoms with Gasteiger partial charge in [0.15, 0.2) is 0 Å². The number of nitrogens with zero attached hydrogens (tertiary/aromatic N) is 1. The molecule has 0 saturated heterocycles. The van der Waals surface area contributed by atoms with Crippen LogP contribution < -0.4 is 10.5 Å². The van der Waals surface area contributed by atoms with Crippen molar-refractivity contribution in [3.8, 4) is 16.3 Å². The van der Waals surface area contributed by atoms with Crippen LogP contribution in [-0.4, -0.2) is 4.98 Å². The molecule has 0 radical (unpaired) electrons. The molecule has 20 heavy (non-hydrogen) atoms. The molecule has 0 spiro atoms. The summed E-state index contributed by atoms with van der Waals surface area (Å²) < 4.78 is 5.69. The molecule has 0 amide bonds. The van der Waals surface area contributed by atoms with Gasteiger partial charge in [-0.05, 0) is 12.1 Å². The van der Waals surface area contributed by atoms with Gasteiger partial charge in [0.1, 0.15) is 17.4 Å². The van der Waals surface area contributed by atoms with Crippen molar-refractivity contribution in [1.82, 2.24) is 4.98 Å². The van der Waals surface area contributed by atoms with Crippen molar-refractivity contribution in [2.24, 2.45) is 0 Å². The summed E-state index contributed by atoms with van der Waals surface area (Å²) in [4.78, 5) is 4.58. The van der Waals surface area contributed by atoms with Gasteiger partial charge in [-0.3, -0.25) is 0 Å². The molecule has 1 heterocycles. The summed E-state index contributed by atoms with van der Waals surface area (Å²) in [7, 11) is 0. The third-order valence-electron chi connectivity index (χ3n) is 2.82. The molecule has 0 saturated carbocycles. The maximum Gasteiger partial charge on any atom is 0.131 e. The zero-order valence-electron chi connectivity index (χ0n) is 10.8. The molecule has 3 aromatic rings. The first-order valence-electron chi connectivity index (χ1n) is 6.29. The molecule has 4 heteroatoms. The Morgan fingerprint density at radius 1 is 1.05 bits per heavy atom. The lowest BCUT2D eigenvalue weighted by atomic mass is 10.2. The summed E-state index contributed by atoms with van der Waals surface area (Å²) in [5.41, 5.74) is 8.47. The van der Waals surface area contributed by atoms with Crippen molar-refractivity contribution in [2.75, 3.05) is 5.73 Å². The van der Waals surface area contributed by atoms with Gasteiger partial charge in [-0.15, -0.1) is 11.3 Å². The van der Waals surface area contributed by atoms with E-state index in [-0.39, 0.29) is 0 Å². The predicted molar refractivity (Wildman–Crippen MR) is 82.7 cm³/mol. The van der Waals surface area contributed by atoms with Gasteiger partial charge in [-0.25, -0.2) is 4.98 Å². The number of nitrogens with two attached hydrogens (primary N) is 1. The molecule has 100 valence electrons. The minimum Gasteiger partial charge on any atom is -0.487 e. The fourth-order valence-corrected chi connectivity index (χ4v) is 2.66. The smallest absolute Gasteiger partial charge is 0.131 e. The van der Waals surface area contributed by atoms with E-state index in [2.05, 4.69) is 17.1 Å². The normalized spacial score (nSPS) is 10.4. The highest BCUT2D eigenvalue weighted by Gasteiger charge is 2.05. The number of hydrogen-bond donors (Lipinski definition) is 1. The number of aromatic nitrogens is 1. The summed E-state index contributed by atoms with van der Waals surface area (Å²) in [6.45, 7) is 0.451. The largest absolute Gasteiger partial charge is 0.487 e. The number of anilines is 1. The zero-order chi connectivity index (χ0) is 13.8. The molecule has 0 aliphatic rings. The summed E-state index contributed by atoms with van der Waals surface area (Å²) >= 11 is 1.63. The van der Waals surface area contributed by atoms with E-state index in [1.165, 1.54) is 0 Å². The van der Waals surface area contributed by atoms with Crippen LogP contribution in [-0.2, 0) is 6.61 Å². The van der Waals surface area contributed by atoms with Gasteiger partial charge in [-0.1, -0.05) is 36.4 Å². The third kappa shape index (κ3) is 2.97. The van der Waals surface area contributed by atoms with Crippen LogP contribution in [0.25, 0.3) is 10.6 Å². The van der Waals surface area contributed by atoms with E-state index < -0.39 is 0 Å². The average Bonchev–Trinajstić information content (AvgIpc) is 2.95. The van der Waals surface area contributed by atoms with E-state index in [0.717, 1.165) is 22.0 Å². The third-order valence-corrected chi connectivity index (χ3v) is 3.76. The number of benzene rings is 2. The Kier molecular flexibility index (Phi) is 3.65. The van der Waals surface area contributed by atoms with Gasteiger partial charge in [0.05, 0.1) is 5.69 Å². The summed E-state index contributed by atoms with van der Waals surface area (Å²) in [5, 5.41) is 3.03. The Labute approximate surface area is 121 Å². The van der Waals surface area contributed by atoms with E-state index >= 15 is 0 Å². The lowest BCUT2D eigenvalue weighted by Crippen LogP contribution is -1.96. The Morgan fingerprint density at radius 2 is 1.90 bits per heavy atom. The lowest BCUT2D eigenvalue weighted by molar-refractivity contribution is 0.302. The van der Waals surface area contributed by atoms with Crippen LogP contribution in [0.4, 0.5) is 5.69 Å². The Morgan fingerprint density at radius 3 is 2.70 bits per heavy atom. The Bertz CT molecular complexity index is 694. The quantitative estimate of drug-likeness (QED) is 0.736. The maximum absolute atomic E-state index is 5.71. The molecule has 0 fully saturated rings. The van der Waals surface area contributed by atoms with Crippen molar-refractivity contribution in [1.29, 1.82) is 0 Å². The molecule has 2 aromatic carbocycles. The van der Waals surface area contributed by atoms with Crippen LogP contribution in [0.5, 0.6) is 5.75 Å². The topological polar surface area (TPSA) is 48.1 Å². The SMILES string of the molecule is Nc1cccc(OCc2csc(-c3ccccc3)n2)c1. The molecule has 0 aliphatic heterocycles. The zero-order valence-corrected chi connectivity index (χ0v) is 11.6. The highest BCUT2D eigenvalue weighted by Crippen LogP contribution is 2.24. The van der Waals surface area contributed by atoms with Crippen LogP contribution in [0.3, 0.4) is 0 Å². The fraction of sp³-hybridized carbons (Fsp3) is 0.0625. The molecule has 0 unspecified atom stereocenters. The molecule has 2 N–H and O–H groups in total. The van der Waals surface area contributed by atoms with E-state index in [9.17, 15) is 0 Å². The molecule has 0 aliphatic carbocycles. The van der Waals surface area contributed by atoms with Crippen molar-refractivity contribution >= 4 is 17.0 Å². The summed E-state index contributed by atoms with van der Waals surface area (Å²) in [6.07, 6.45) is 0. The van der Waals surface area contributed by atoms with E-state index in [0.29, 0.717) is 12.3 Å². The minimum absolute atomic E-state index is 0.451. The molecular weight excluding hydrogens is 268 g/mol. The first kappa shape index (κ1) is 12.7. The highest BCUT2D eigenvalue weighted by atomic mass is 32.1. The van der Waals surface area contributed by atoms with Gasteiger partial charge in [0.25, 0.3) is 0 Å². The van der Waals surface area contributed by atoms with Crippen molar-refractivity contribution in [2.45, 2.75) is 6.61 Å². The number of nitrogen functional groups attached to an aromatic ring is 1. The fourth-order valence-electron chi connectivity index (χ4n) is 1.85. The van der Waals surface area contributed by atoms with Crippen LogP contribution in [0, 0.1) is 0 Å². The number of thiazole rings is 1. The summed E-state index contributed by atoms with van der Waals surface area (Å²) in [5.74, 6) is 0.763. The average molecular weight is 282 g/mol. The van der Waals surface area contributed by atoms with Gasteiger partial charge in [-0.2, -0.15) is 0 Å². The second-order valence-corrected chi connectivity index (χ2v) is 5.23. The molecule has 3 rings (SSSR count). The second kappa shape index (κ2) is 5.75. The second-order valence-electron chi connectivity index (χ2n) is 4.37. The molecule has 3 nitrogen and oxygen atoms in total. The molecule has 0 atom stereocenters. The van der Waals surface area contributed by atoms with E-state index in [1.807, 2.05) is 47.8 Å². The molecule has 1 aromatic heterocycles. The standard InChI is InChI=1S/C16H14N2OS/c17-13-7-4-8-15(9-13)19-10-14-11-20-16(18-14)12-5-2-1-3-6-12/h1-9,11H,10,17H2. The van der Waals surface area contributed by atoms with Crippen LogP contribution >= 0.6 is 11.3 Å². The predicted octanol–water partition coefficient (Wildman–Crippen LogP) is 3.97. The van der Waals surface area contributed by atoms with Gasteiger partial charge in [0.2, 0.25) is 0 Å². The Hall–Kier alpha value is -2.33. The minimum atomic E-state index is 0.451. The van der Waals surface area contributed by atoms with Gasteiger partial charge in [0, 0.05) is 22.7 Å². The van der Waals surface area contributed by atoms with Gasteiger partial charge >= 0.3 is 0 Å². The maximum atomic E-state index is 5.71. The van der Waals surface area contributed by atoms with Crippen molar-refractivity contribution in [3.63, 3.8) is 0 Å². The summed E-state index contributed by atoms with van der Waals surface area (Å²) in [6, 6.07) is 17.6. The van der Waals surface area contributed by atoms with Crippen molar-refractivity contribution < 1.29 is 4.74 Å². The highest BCUT2D eigenvalue weighted by molar-refractivity contribution is 7.13. The van der Waals surface area contributed by atoms with Crippen LogP contribution in [0.15, 0.2) is 60.0 Å². The van der Waals surface area contributed by atoms with Gasteiger partial charge < -0.3 is 10.5 Å². The van der Waals surface area contributed by atoms with Crippen LogP contribution in [0.2, 0.25) is 0 Å². The number of ether oxygens (including phenoxy) is 1. The number of rotatable bonds is 4. The number of hydrogen-bond acceptors (Lipinski definition) is 4. The van der Waals surface area contributed by atoms with E-state index in [4.69, 9.17) is 10.5 Å². The van der Waals surface area contributed by atoms with Crippen LogP contribution in [0.1, 0.15) is 5.69 Å². The lowest BCUT2D eigenvalue weighted by Gasteiger charge is -2.04. The Balaban J connectivity index is 1.69.